The fourth-order valence-electron chi connectivity index (χ4n) is 6.78. The zero-order valence-electron chi connectivity index (χ0n) is 22.9. The van der Waals surface area contributed by atoms with E-state index in [-0.39, 0.29) is 56.3 Å². The number of carbonyl (C=O) groups is 2. The van der Waals surface area contributed by atoms with Gasteiger partial charge >= 0.3 is 12.3 Å². The van der Waals surface area contributed by atoms with Gasteiger partial charge in [-0.25, -0.2) is 4.79 Å². The number of ether oxygens (including phenoxy) is 4. The van der Waals surface area contributed by atoms with Crippen LogP contribution in [0.25, 0.3) is 0 Å². The number of carbonyl (C=O) groups excluding carboxylic acids is 2. The molecule has 0 spiro atoms. The molecule has 1 saturated carbocycles. The van der Waals surface area contributed by atoms with Crippen molar-refractivity contribution in [3.8, 4) is 0 Å². The summed E-state index contributed by atoms with van der Waals surface area (Å²) in [4.78, 5) is 34.4. The zero-order valence-corrected chi connectivity index (χ0v) is 22.9. The van der Waals surface area contributed by atoms with Crippen molar-refractivity contribution in [3.05, 3.63) is 29.1 Å². The molecule has 2 amide bonds. The molecule has 5 atom stereocenters. The number of aromatic nitrogens is 1. The van der Waals surface area contributed by atoms with Gasteiger partial charge in [-0.2, -0.15) is 13.2 Å². The molecular weight excluding hydrogens is 533 g/mol. The van der Waals surface area contributed by atoms with Crippen LogP contribution < -0.4 is 5.32 Å². The van der Waals surface area contributed by atoms with Gasteiger partial charge in [-0.05, 0) is 36.8 Å². The summed E-state index contributed by atoms with van der Waals surface area (Å²) in [5.41, 5.74) is -0.694. The van der Waals surface area contributed by atoms with Crippen LogP contribution in [0.15, 0.2) is 12.3 Å². The smallest absolute Gasteiger partial charge is 0.417 e. The van der Waals surface area contributed by atoms with Crippen LogP contribution in [0.3, 0.4) is 0 Å². The molecule has 4 aliphatic rings. The van der Waals surface area contributed by atoms with Crippen LogP contribution in [0.5, 0.6) is 0 Å². The third-order valence-corrected chi connectivity index (χ3v) is 8.78. The molecule has 5 rings (SSSR count). The van der Waals surface area contributed by atoms with Gasteiger partial charge in [0.15, 0.2) is 0 Å². The lowest BCUT2D eigenvalue weighted by Crippen LogP contribution is -2.52. The first kappa shape index (κ1) is 29.0. The number of halogens is 3. The Bertz CT molecular complexity index is 1090. The molecular formula is C27H37F3N4O6. The second-order valence-corrected chi connectivity index (χ2v) is 11.2. The van der Waals surface area contributed by atoms with Crippen LogP contribution in [0.1, 0.15) is 36.1 Å². The molecule has 4 heterocycles. The number of amides is 2. The first-order valence-electron chi connectivity index (χ1n) is 13.8. The summed E-state index contributed by atoms with van der Waals surface area (Å²) in [5.74, 6) is -0.248. The minimum atomic E-state index is -4.51. The van der Waals surface area contributed by atoms with Gasteiger partial charge in [0.25, 0.3) is 0 Å². The van der Waals surface area contributed by atoms with Crippen molar-refractivity contribution in [1.82, 2.24) is 20.1 Å². The minimum Gasteiger partial charge on any atom is -0.447 e. The van der Waals surface area contributed by atoms with Gasteiger partial charge in [0.05, 0.1) is 30.3 Å². The van der Waals surface area contributed by atoms with E-state index in [9.17, 15) is 22.8 Å². The van der Waals surface area contributed by atoms with Gasteiger partial charge in [0.2, 0.25) is 5.91 Å². The summed E-state index contributed by atoms with van der Waals surface area (Å²) >= 11 is 0. The molecule has 0 radical (unpaired) electrons. The standard InChI is InChI=1S/C27H37F3N4O6/c1-37-7-8-40-25(36)34-14-19-10-20(32-22-4-6-39-15-23(22)38-2)11-26(19,16-34)24(35)33-5-3-21-17(13-33)9-18(12-31-21)27(28,29)30/h9,12,19-20,22-23,32H,3-8,10-11,13-16H2,1-2H3/t19-,20+,22-,23+,26-/m0/s1. The average Bonchev–Trinajstić information content (AvgIpc) is 3.47. The van der Waals surface area contributed by atoms with Gasteiger partial charge in [0, 0.05) is 77.4 Å². The average molecular weight is 571 g/mol. The summed E-state index contributed by atoms with van der Waals surface area (Å²) in [7, 11) is 3.17. The van der Waals surface area contributed by atoms with E-state index in [1.54, 1.807) is 16.9 Å². The monoisotopic (exact) mass is 570 g/mol. The Morgan fingerprint density at radius 2 is 2.08 bits per heavy atom. The number of hydrogen-bond donors (Lipinski definition) is 1. The minimum absolute atomic E-state index is 0.0249. The lowest BCUT2D eigenvalue weighted by Gasteiger charge is -2.37. The molecule has 0 unspecified atom stereocenters. The summed E-state index contributed by atoms with van der Waals surface area (Å²) in [6, 6.07) is 1.20. The number of pyridine rings is 1. The molecule has 3 aliphatic heterocycles. The molecule has 1 aromatic heterocycles. The predicted molar refractivity (Wildman–Crippen MR) is 135 cm³/mol. The van der Waals surface area contributed by atoms with Crippen molar-refractivity contribution in [2.24, 2.45) is 11.3 Å². The quantitative estimate of drug-likeness (QED) is 0.499. The molecule has 3 fully saturated rings. The normalized spacial score (nSPS) is 30.2. The molecule has 1 aromatic rings. The highest BCUT2D eigenvalue weighted by Crippen LogP contribution is 2.51. The molecule has 0 bridgehead atoms. The molecule has 222 valence electrons. The zero-order chi connectivity index (χ0) is 28.5. The Morgan fingerprint density at radius 1 is 1.25 bits per heavy atom. The summed E-state index contributed by atoms with van der Waals surface area (Å²) < 4.78 is 61.5. The molecule has 2 saturated heterocycles. The fraction of sp³-hybridized carbons (Fsp3) is 0.741. The fourth-order valence-corrected chi connectivity index (χ4v) is 6.78. The third-order valence-electron chi connectivity index (χ3n) is 8.78. The van der Waals surface area contributed by atoms with E-state index in [1.165, 1.54) is 7.11 Å². The highest BCUT2D eigenvalue weighted by molar-refractivity contribution is 5.86. The van der Waals surface area contributed by atoms with Crippen LogP contribution in [0.4, 0.5) is 18.0 Å². The number of likely N-dealkylation sites (tertiary alicyclic amines) is 1. The van der Waals surface area contributed by atoms with Gasteiger partial charge in [-0.3, -0.25) is 9.78 Å². The lowest BCUT2D eigenvalue weighted by atomic mass is 9.78. The second kappa shape index (κ2) is 11.8. The number of nitrogens with one attached hydrogen (secondary N) is 1. The van der Waals surface area contributed by atoms with Gasteiger partial charge in [-0.15, -0.1) is 0 Å². The van der Waals surface area contributed by atoms with Gasteiger partial charge < -0.3 is 34.1 Å². The van der Waals surface area contributed by atoms with E-state index in [0.29, 0.717) is 56.8 Å². The van der Waals surface area contributed by atoms with Crippen molar-refractivity contribution in [3.63, 3.8) is 0 Å². The Labute approximate surface area is 231 Å². The number of alkyl halides is 3. The maximum Gasteiger partial charge on any atom is 0.417 e. The Morgan fingerprint density at radius 3 is 2.83 bits per heavy atom. The first-order chi connectivity index (χ1) is 19.1. The molecule has 1 N–H and O–H groups in total. The SMILES string of the molecule is COCCOC(=O)N1C[C@@H]2C[C@@H](N[C@H]3CCOC[C@H]3OC)C[C@]2(C(=O)N2CCc3ncc(C(F)(F)F)cc3C2)C1. The lowest BCUT2D eigenvalue weighted by molar-refractivity contribution is -0.143. The van der Waals surface area contributed by atoms with Crippen molar-refractivity contribution in [2.75, 3.05) is 60.3 Å². The molecule has 13 heteroatoms. The Balaban J connectivity index is 1.35. The molecule has 10 nitrogen and oxygen atoms in total. The molecule has 0 aromatic carbocycles. The second-order valence-electron chi connectivity index (χ2n) is 11.2. The highest BCUT2D eigenvalue weighted by atomic mass is 19.4. The maximum absolute atomic E-state index is 14.3. The van der Waals surface area contributed by atoms with Gasteiger partial charge in [-0.1, -0.05) is 0 Å². The topological polar surface area (TPSA) is 102 Å². The van der Waals surface area contributed by atoms with Crippen molar-refractivity contribution in [2.45, 2.75) is 56.6 Å². The van der Waals surface area contributed by atoms with E-state index in [0.717, 1.165) is 18.7 Å². The van der Waals surface area contributed by atoms with Crippen molar-refractivity contribution in [1.29, 1.82) is 0 Å². The largest absolute Gasteiger partial charge is 0.447 e. The number of fused-ring (bicyclic) bond motifs is 2. The third kappa shape index (κ3) is 5.79. The summed E-state index contributed by atoms with van der Waals surface area (Å²) in [6.07, 6.45) is -1.88. The van der Waals surface area contributed by atoms with Crippen LogP contribution >= 0.6 is 0 Å². The van der Waals surface area contributed by atoms with Crippen LogP contribution in [-0.2, 0) is 42.9 Å². The van der Waals surface area contributed by atoms with E-state index < -0.39 is 23.2 Å². The van der Waals surface area contributed by atoms with E-state index in [4.69, 9.17) is 18.9 Å². The Kier molecular flexibility index (Phi) is 8.55. The van der Waals surface area contributed by atoms with Crippen LogP contribution in [0, 0.1) is 11.3 Å². The Hall–Kier alpha value is -2.48. The predicted octanol–water partition coefficient (Wildman–Crippen LogP) is 2.24. The van der Waals surface area contributed by atoms with Crippen molar-refractivity contribution >= 4 is 12.0 Å². The van der Waals surface area contributed by atoms with E-state index in [2.05, 4.69) is 10.3 Å². The van der Waals surface area contributed by atoms with E-state index in [1.807, 2.05) is 0 Å². The first-order valence-corrected chi connectivity index (χ1v) is 13.8. The van der Waals surface area contributed by atoms with Crippen molar-refractivity contribution < 1.29 is 41.7 Å². The molecule has 40 heavy (non-hydrogen) atoms. The van der Waals surface area contributed by atoms with Gasteiger partial charge in [0.1, 0.15) is 6.61 Å². The van der Waals surface area contributed by atoms with E-state index >= 15 is 0 Å². The summed E-state index contributed by atoms with van der Waals surface area (Å²) in [6.45, 7) is 2.50. The number of hydrogen-bond acceptors (Lipinski definition) is 8. The number of rotatable bonds is 7. The number of methoxy groups -OCH3 is 2. The maximum atomic E-state index is 14.3. The summed E-state index contributed by atoms with van der Waals surface area (Å²) in [5, 5.41) is 3.69. The number of nitrogens with zero attached hydrogens (tertiary/aromatic N) is 3. The highest BCUT2D eigenvalue weighted by Gasteiger charge is 2.60. The van der Waals surface area contributed by atoms with Crippen LogP contribution in [-0.4, -0.2) is 105 Å². The molecule has 1 aliphatic carbocycles. The van der Waals surface area contributed by atoms with Crippen LogP contribution in [0.2, 0.25) is 0 Å².